The summed E-state index contributed by atoms with van der Waals surface area (Å²) in [6.07, 6.45) is -0.274. The molecule has 2 atom stereocenters. The number of nitrogens with zero attached hydrogens (tertiary/aromatic N) is 4. The van der Waals surface area contributed by atoms with Crippen LogP contribution in [-0.4, -0.2) is 46.4 Å². The van der Waals surface area contributed by atoms with Crippen molar-refractivity contribution in [2.24, 2.45) is 13.0 Å². The molecule has 0 amide bonds. The Balaban J connectivity index is 1.12. The molecule has 5 nitrogen and oxygen atoms in total. The first-order valence-corrected chi connectivity index (χ1v) is 11.7. The second-order valence-corrected chi connectivity index (χ2v) is 9.56. The van der Waals surface area contributed by atoms with Crippen LogP contribution < -0.4 is 4.74 Å². The van der Waals surface area contributed by atoms with Crippen molar-refractivity contribution in [3.63, 3.8) is 0 Å². The maximum Gasteiger partial charge on any atom is 0.416 e. The smallest absolute Gasteiger partial charge is 0.416 e. The molecule has 0 spiro atoms. The summed E-state index contributed by atoms with van der Waals surface area (Å²) in [5.41, 5.74) is 1.51. The highest BCUT2D eigenvalue weighted by Gasteiger charge is 2.60. The monoisotopic (exact) mass is 470 g/mol. The van der Waals surface area contributed by atoms with Crippen LogP contribution in [0, 0.1) is 5.92 Å². The highest BCUT2D eigenvalue weighted by atomic mass is 19.4. The molecule has 0 bridgehead atoms. The molecule has 2 aromatic carbocycles. The van der Waals surface area contributed by atoms with E-state index in [2.05, 4.69) is 15.1 Å². The summed E-state index contributed by atoms with van der Waals surface area (Å²) in [6, 6.07) is 13.6. The summed E-state index contributed by atoms with van der Waals surface area (Å²) < 4.78 is 46.0. The van der Waals surface area contributed by atoms with E-state index in [1.165, 1.54) is 12.1 Å². The number of alkyl halides is 3. The Hall–Kier alpha value is -2.87. The number of unbranched alkanes of at least 4 members (excludes halogenated alkanes) is 1. The zero-order valence-electron chi connectivity index (χ0n) is 19.5. The molecule has 180 valence electrons. The van der Waals surface area contributed by atoms with Gasteiger partial charge in [0.2, 0.25) is 0 Å². The van der Waals surface area contributed by atoms with E-state index < -0.39 is 11.7 Å². The molecule has 34 heavy (non-hydrogen) atoms. The van der Waals surface area contributed by atoms with Gasteiger partial charge < -0.3 is 14.2 Å². The Morgan fingerprint density at radius 2 is 1.88 bits per heavy atom. The largest absolute Gasteiger partial charge is 0.497 e. The first kappa shape index (κ1) is 22.9. The van der Waals surface area contributed by atoms with E-state index in [0.717, 1.165) is 73.8 Å². The molecule has 2 fully saturated rings. The normalized spacial score (nSPS) is 22.1. The summed E-state index contributed by atoms with van der Waals surface area (Å²) >= 11 is 0. The summed E-state index contributed by atoms with van der Waals surface area (Å²) in [5, 5.41) is 8.76. The van der Waals surface area contributed by atoms with Gasteiger partial charge >= 0.3 is 6.18 Å². The summed E-state index contributed by atoms with van der Waals surface area (Å²) in [7, 11) is 3.64. The van der Waals surface area contributed by atoms with Crippen molar-refractivity contribution in [1.29, 1.82) is 0 Å². The topological polar surface area (TPSA) is 43.2 Å². The van der Waals surface area contributed by atoms with Crippen molar-refractivity contribution in [3.05, 3.63) is 65.5 Å². The minimum Gasteiger partial charge on any atom is -0.497 e. The van der Waals surface area contributed by atoms with Gasteiger partial charge in [0, 0.05) is 37.5 Å². The number of rotatable bonds is 8. The van der Waals surface area contributed by atoms with Crippen molar-refractivity contribution in [1.82, 2.24) is 19.7 Å². The highest BCUT2D eigenvalue weighted by Crippen LogP contribution is 2.59. The van der Waals surface area contributed by atoms with Gasteiger partial charge in [-0.15, -0.1) is 10.2 Å². The van der Waals surface area contributed by atoms with Gasteiger partial charge in [-0.3, -0.25) is 0 Å². The molecule has 0 radical (unpaired) electrons. The van der Waals surface area contributed by atoms with Gasteiger partial charge in [-0.25, -0.2) is 0 Å². The molecular weight excluding hydrogens is 441 g/mol. The molecule has 1 saturated heterocycles. The molecule has 0 unspecified atom stereocenters. The van der Waals surface area contributed by atoms with Crippen LogP contribution in [-0.2, 0) is 25.1 Å². The van der Waals surface area contributed by atoms with Crippen LogP contribution in [0.3, 0.4) is 0 Å². The summed E-state index contributed by atoms with van der Waals surface area (Å²) in [6.45, 7) is 2.97. The number of likely N-dealkylation sites (tertiary alicyclic amines) is 1. The molecule has 1 saturated carbocycles. The second kappa shape index (κ2) is 8.73. The summed E-state index contributed by atoms with van der Waals surface area (Å²) in [5.74, 6) is 3.14. The Bertz CT molecular complexity index is 1160. The van der Waals surface area contributed by atoms with E-state index in [-0.39, 0.29) is 5.41 Å². The number of aromatic nitrogens is 3. The first-order valence-electron chi connectivity index (χ1n) is 11.7. The van der Waals surface area contributed by atoms with Crippen LogP contribution in [0.1, 0.15) is 36.2 Å². The van der Waals surface area contributed by atoms with Gasteiger partial charge in [-0.1, -0.05) is 24.3 Å². The fraction of sp³-hybridized carbons (Fsp3) is 0.462. The lowest BCUT2D eigenvalue weighted by molar-refractivity contribution is -0.137. The van der Waals surface area contributed by atoms with Crippen LogP contribution in [0.25, 0.3) is 11.4 Å². The first-order chi connectivity index (χ1) is 16.3. The molecule has 2 heterocycles. The fourth-order valence-corrected chi connectivity index (χ4v) is 5.41. The standard InChI is InChI=1S/C26H29F3N4O/c1-32-23(30-31-24(32)18-6-5-7-22(14-18)34-2)8-3-4-13-33-16-21-15-25(21,17-33)19-9-11-20(12-10-19)26(27,28)29/h5-7,9-12,14,21H,3-4,8,13,15-17H2,1-2H3/t21-,25+/m0/s1. The van der Waals surface area contributed by atoms with Crippen LogP contribution in [0.4, 0.5) is 13.2 Å². The SMILES string of the molecule is COc1cccc(-c2nnc(CCCCN3C[C@@H]4C[C@]4(c4ccc(C(F)(F)F)cc4)C3)n2C)c1. The van der Waals surface area contributed by atoms with E-state index >= 15 is 0 Å². The van der Waals surface area contributed by atoms with E-state index in [4.69, 9.17) is 4.74 Å². The van der Waals surface area contributed by atoms with Gasteiger partial charge in [0.25, 0.3) is 0 Å². The van der Waals surface area contributed by atoms with Crippen molar-refractivity contribution in [2.45, 2.75) is 37.3 Å². The molecule has 2 aliphatic rings. The number of hydrogen-bond acceptors (Lipinski definition) is 4. The fourth-order valence-electron chi connectivity index (χ4n) is 5.41. The third-order valence-electron chi connectivity index (χ3n) is 7.42. The minimum absolute atomic E-state index is 0.0549. The molecule has 5 rings (SSSR count). The minimum atomic E-state index is -4.28. The van der Waals surface area contributed by atoms with Crippen LogP contribution >= 0.6 is 0 Å². The van der Waals surface area contributed by atoms with E-state index in [1.807, 2.05) is 35.9 Å². The third-order valence-corrected chi connectivity index (χ3v) is 7.42. The average molecular weight is 471 g/mol. The lowest BCUT2D eigenvalue weighted by atomic mass is 9.94. The number of hydrogen-bond donors (Lipinski definition) is 0. The molecule has 8 heteroatoms. The van der Waals surface area contributed by atoms with Crippen molar-refractivity contribution in [2.75, 3.05) is 26.7 Å². The number of piperidine rings is 1. The Labute approximate surface area is 197 Å². The van der Waals surface area contributed by atoms with Gasteiger partial charge in [0.1, 0.15) is 11.6 Å². The Morgan fingerprint density at radius 3 is 2.62 bits per heavy atom. The number of ether oxygens (including phenoxy) is 1. The molecule has 1 aliphatic carbocycles. The molecular formula is C26H29F3N4O. The van der Waals surface area contributed by atoms with Gasteiger partial charge in [-0.2, -0.15) is 13.2 Å². The van der Waals surface area contributed by atoms with E-state index in [1.54, 1.807) is 19.2 Å². The third kappa shape index (κ3) is 4.31. The maximum atomic E-state index is 12.9. The predicted molar refractivity (Wildman–Crippen MR) is 124 cm³/mol. The van der Waals surface area contributed by atoms with Crippen molar-refractivity contribution in [3.8, 4) is 17.1 Å². The lowest BCUT2D eigenvalue weighted by Gasteiger charge is -2.21. The van der Waals surface area contributed by atoms with Crippen LogP contribution in [0.2, 0.25) is 0 Å². The number of fused-ring (bicyclic) bond motifs is 1. The highest BCUT2D eigenvalue weighted by molar-refractivity contribution is 5.57. The number of halogens is 3. The number of aryl methyl sites for hydroxylation is 1. The molecule has 1 aromatic heterocycles. The number of methoxy groups -OCH3 is 1. The predicted octanol–water partition coefficient (Wildman–Crippen LogP) is 5.11. The Morgan fingerprint density at radius 1 is 1.09 bits per heavy atom. The van der Waals surface area contributed by atoms with Crippen molar-refractivity contribution >= 4 is 0 Å². The quantitative estimate of drug-likeness (QED) is 0.430. The maximum absolute atomic E-state index is 12.9. The van der Waals surface area contributed by atoms with E-state index in [0.29, 0.717) is 5.92 Å². The van der Waals surface area contributed by atoms with Gasteiger partial charge in [0.15, 0.2) is 5.82 Å². The zero-order chi connectivity index (χ0) is 23.9. The van der Waals surface area contributed by atoms with Gasteiger partial charge in [0.05, 0.1) is 12.7 Å². The van der Waals surface area contributed by atoms with Crippen LogP contribution in [0.15, 0.2) is 48.5 Å². The molecule has 1 aliphatic heterocycles. The van der Waals surface area contributed by atoms with Crippen LogP contribution in [0.5, 0.6) is 5.75 Å². The average Bonchev–Trinajstić information content (AvgIpc) is 3.20. The Kier molecular flexibility index (Phi) is 5.88. The van der Waals surface area contributed by atoms with Gasteiger partial charge in [-0.05, 0) is 61.6 Å². The number of benzene rings is 2. The molecule has 0 N–H and O–H groups in total. The van der Waals surface area contributed by atoms with Crippen molar-refractivity contribution < 1.29 is 17.9 Å². The lowest BCUT2D eigenvalue weighted by Crippen LogP contribution is -2.27. The zero-order valence-corrected chi connectivity index (χ0v) is 19.5. The molecule has 3 aromatic rings. The second-order valence-electron chi connectivity index (χ2n) is 9.56. The van der Waals surface area contributed by atoms with E-state index in [9.17, 15) is 13.2 Å². The summed E-state index contributed by atoms with van der Waals surface area (Å²) in [4.78, 5) is 2.46.